The van der Waals surface area contributed by atoms with Crippen LogP contribution in [0.3, 0.4) is 0 Å². The van der Waals surface area contributed by atoms with Gasteiger partial charge >= 0.3 is 0 Å². The fourth-order valence-electron chi connectivity index (χ4n) is 2.79. The standard InChI is InChI=1S/C14H15N3S/c1-3-8-17(2)11-7-5-9-4-6-10-13(12(9)11)18-14(15)16-10/h1,4,6,11H,5,7-8H2,2H3,(H2,15,16). The summed E-state index contributed by atoms with van der Waals surface area (Å²) in [5, 5.41) is 0.642. The summed E-state index contributed by atoms with van der Waals surface area (Å²) < 4.78 is 1.23. The second-order valence-electron chi connectivity index (χ2n) is 4.71. The summed E-state index contributed by atoms with van der Waals surface area (Å²) in [6.45, 7) is 0.675. The van der Waals surface area contributed by atoms with Crippen LogP contribution in [0, 0.1) is 12.3 Å². The van der Waals surface area contributed by atoms with Crippen LogP contribution < -0.4 is 5.73 Å². The summed E-state index contributed by atoms with van der Waals surface area (Å²) in [5.74, 6) is 2.72. The van der Waals surface area contributed by atoms with Gasteiger partial charge in [0.05, 0.1) is 16.8 Å². The molecule has 2 aromatic rings. The van der Waals surface area contributed by atoms with Gasteiger partial charge in [-0.2, -0.15) is 0 Å². The molecule has 1 aromatic carbocycles. The number of benzene rings is 1. The summed E-state index contributed by atoms with van der Waals surface area (Å²) in [6, 6.07) is 4.66. The second kappa shape index (κ2) is 4.27. The van der Waals surface area contributed by atoms with Crippen molar-refractivity contribution in [1.82, 2.24) is 9.88 Å². The molecule has 1 aliphatic rings. The molecule has 0 aliphatic heterocycles. The van der Waals surface area contributed by atoms with Crippen LogP contribution in [-0.2, 0) is 6.42 Å². The number of hydrogen-bond acceptors (Lipinski definition) is 4. The van der Waals surface area contributed by atoms with Gasteiger partial charge in [0.15, 0.2) is 5.13 Å². The molecule has 2 N–H and O–H groups in total. The first kappa shape index (κ1) is 11.5. The first-order chi connectivity index (χ1) is 8.70. The first-order valence-corrected chi connectivity index (χ1v) is 6.84. The van der Waals surface area contributed by atoms with E-state index < -0.39 is 0 Å². The van der Waals surface area contributed by atoms with Crippen LogP contribution in [0.25, 0.3) is 10.2 Å². The fourth-order valence-corrected chi connectivity index (χ4v) is 3.73. The molecule has 0 saturated carbocycles. The van der Waals surface area contributed by atoms with Crippen LogP contribution in [0.1, 0.15) is 23.6 Å². The van der Waals surface area contributed by atoms with E-state index in [4.69, 9.17) is 12.2 Å². The van der Waals surface area contributed by atoms with E-state index in [0.29, 0.717) is 17.7 Å². The summed E-state index contributed by atoms with van der Waals surface area (Å²) in [7, 11) is 2.09. The number of terminal acetylenes is 1. The smallest absolute Gasteiger partial charge is 0.181 e. The topological polar surface area (TPSA) is 42.2 Å². The van der Waals surface area contributed by atoms with Crippen LogP contribution in [-0.4, -0.2) is 23.5 Å². The van der Waals surface area contributed by atoms with Gasteiger partial charge in [-0.25, -0.2) is 4.98 Å². The van der Waals surface area contributed by atoms with Gasteiger partial charge in [-0.3, -0.25) is 4.90 Å². The molecule has 3 nitrogen and oxygen atoms in total. The van der Waals surface area contributed by atoms with Gasteiger partial charge in [-0.1, -0.05) is 23.3 Å². The second-order valence-corrected chi connectivity index (χ2v) is 5.74. The van der Waals surface area contributed by atoms with E-state index in [2.05, 4.69) is 35.0 Å². The van der Waals surface area contributed by atoms with Crippen molar-refractivity contribution in [3.05, 3.63) is 23.3 Å². The van der Waals surface area contributed by atoms with E-state index in [1.54, 1.807) is 11.3 Å². The summed E-state index contributed by atoms with van der Waals surface area (Å²) >= 11 is 1.59. The Hall–Kier alpha value is -1.57. The Labute approximate surface area is 111 Å². The minimum absolute atomic E-state index is 0.402. The van der Waals surface area contributed by atoms with Crippen molar-refractivity contribution in [1.29, 1.82) is 0 Å². The van der Waals surface area contributed by atoms with E-state index >= 15 is 0 Å². The molecule has 1 atom stereocenters. The Morgan fingerprint density at radius 3 is 3.22 bits per heavy atom. The number of fused-ring (bicyclic) bond motifs is 3. The van der Waals surface area contributed by atoms with Crippen molar-refractivity contribution in [2.75, 3.05) is 19.3 Å². The van der Waals surface area contributed by atoms with Crippen LogP contribution in [0.15, 0.2) is 12.1 Å². The lowest BCUT2D eigenvalue weighted by Gasteiger charge is -2.23. The van der Waals surface area contributed by atoms with Gasteiger partial charge in [0, 0.05) is 6.04 Å². The predicted molar refractivity (Wildman–Crippen MR) is 76.6 cm³/mol. The molecule has 0 bridgehead atoms. The highest BCUT2D eigenvalue weighted by molar-refractivity contribution is 7.22. The average molecular weight is 257 g/mol. The fraction of sp³-hybridized carbons (Fsp3) is 0.357. The minimum Gasteiger partial charge on any atom is -0.375 e. The van der Waals surface area contributed by atoms with Crippen LogP contribution in [0.5, 0.6) is 0 Å². The molecule has 1 heterocycles. The predicted octanol–water partition coefficient (Wildman–Crippen LogP) is 2.43. The maximum absolute atomic E-state index is 5.83. The van der Waals surface area contributed by atoms with Crippen molar-refractivity contribution in [2.45, 2.75) is 18.9 Å². The molecule has 0 spiro atoms. The zero-order chi connectivity index (χ0) is 12.7. The molecule has 18 heavy (non-hydrogen) atoms. The summed E-state index contributed by atoms with van der Waals surface area (Å²) in [6.07, 6.45) is 7.66. The molecule has 0 amide bonds. The molecule has 3 rings (SSSR count). The van der Waals surface area contributed by atoms with E-state index in [-0.39, 0.29) is 0 Å². The Kier molecular flexibility index (Phi) is 2.73. The number of thiazole rings is 1. The summed E-state index contributed by atoms with van der Waals surface area (Å²) in [5.41, 5.74) is 9.64. The van der Waals surface area contributed by atoms with Gasteiger partial charge in [-0.05, 0) is 37.1 Å². The van der Waals surface area contributed by atoms with E-state index in [1.807, 2.05) is 0 Å². The normalized spacial score (nSPS) is 18.2. The number of anilines is 1. The van der Waals surface area contributed by atoms with E-state index in [9.17, 15) is 0 Å². The maximum Gasteiger partial charge on any atom is 0.181 e. The molecule has 1 aliphatic carbocycles. The van der Waals surface area contributed by atoms with Crippen LogP contribution >= 0.6 is 11.3 Å². The number of aryl methyl sites for hydroxylation is 1. The molecular weight excluding hydrogens is 242 g/mol. The first-order valence-electron chi connectivity index (χ1n) is 6.02. The van der Waals surface area contributed by atoms with E-state index in [1.165, 1.54) is 15.8 Å². The highest BCUT2D eigenvalue weighted by Gasteiger charge is 2.28. The Bertz CT molecular complexity index is 638. The zero-order valence-corrected chi connectivity index (χ0v) is 11.1. The lowest BCUT2D eigenvalue weighted by molar-refractivity contribution is 0.275. The van der Waals surface area contributed by atoms with Gasteiger partial charge < -0.3 is 5.73 Å². The van der Waals surface area contributed by atoms with E-state index in [0.717, 1.165) is 18.4 Å². The van der Waals surface area contributed by atoms with Gasteiger partial charge in [-0.15, -0.1) is 6.42 Å². The lowest BCUT2D eigenvalue weighted by atomic mass is 10.1. The van der Waals surface area contributed by atoms with Gasteiger partial charge in [0.25, 0.3) is 0 Å². The van der Waals surface area contributed by atoms with Gasteiger partial charge in [0.2, 0.25) is 0 Å². The van der Waals surface area contributed by atoms with Crippen LogP contribution in [0.4, 0.5) is 5.13 Å². The highest BCUT2D eigenvalue weighted by Crippen LogP contribution is 2.42. The minimum atomic E-state index is 0.402. The molecule has 0 saturated heterocycles. The Balaban J connectivity index is 2.13. The zero-order valence-electron chi connectivity index (χ0n) is 10.3. The molecule has 1 unspecified atom stereocenters. The third-order valence-electron chi connectivity index (χ3n) is 3.60. The average Bonchev–Trinajstić information content (AvgIpc) is 2.90. The quantitative estimate of drug-likeness (QED) is 0.840. The molecule has 0 fully saturated rings. The van der Waals surface area contributed by atoms with Crippen molar-refractivity contribution < 1.29 is 0 Å². The number of nitrogens with zero attached hydrogens (tertiary/aromatic N) is 2. The van der Waals surface area contributed by atoms with Crippen LogP contribution in [0.2, 0.25) is 0 Å². The SMILES string of the molecule is C#CCN(C)C1CCc2ccc3nc(N)sc3c21. The molecule has 1 aromatic heterocycles. The molecule has 92 valence electrons. The summed E-state index contributed by atoms with van der Waals surface area (Å²) in [4.78, 5) is 6.61. The van der Waals surface area contributed by atoms with Crippen molar-refractivity contribution in [3.8, 4) is 12.3 Å². The van der Waals surface area contributed by atoms with Gasteiger partial charge in [0.1, 0.15) is 0 Å². The third-order valence-corrected chi connectivity index (χ3v) is 4.53. The maximum atomic E-state index is 5.83. The molecular formula is C14H15N3S. The van der Waals surface area contributed by atoms with Crippen molar-refractivity contribution in [3.63, 3.8) is 0 Å². The highest BCUT2D eigenvalue weighted by atomic mass is 32.1. The number of nitrogens with two attached hydrogens (primary N) is 1. The third kappa shape index (κ3) is 1.67. The molecule has 0 radical (unpaired) electrons. The Morgan fingerprint density at radius 1 is 1.61 bits per heavy atom. The monoisotopic (exact) mass is 257 g/mol. The number of aromatic nitrogens is 1. The number of hydrogen-bond donors (Lipinski definition) is 1. The van der Waals surface area contributed by atoms with Crippen molar-refractivity contribution >= 4 is 26.7 Å². The van der Waals surface area contributed by atoms with Crippen molar-refractivity contribution in [2.24, 2.45) is 0 Å². The number of rotatable bonds is 2. The lowest BCUT2D eigenvalue weighted by Crippen LogP contribution is -2.23. The number of nitrogen functional groups attached to an aromatic ring is 1. The largest absolute Gasteiger partial charge is 0.375 e. The molecule has 4 heteroatoms. The Morgan fingerprint density at radius 2 is 2.44 bits per heavy atom.